The maximum Gasteiger partial charge on any atom is 0.148 e. The fourth-order valence-corrected chi connectivity index (χ4v) is 2.08. The van der Waals surface area contributed by atoms with Gasteiger partial charge in [0, 0.05) is 6.54 Å². The van der Waals surface area contributed by atoms with Crippen LogP contribution in [0, 0.1) is 17.2 Å². The lowest BCUT2D eigenvalue weighted by Crippen LogP contribution is -2.21. The van der Waals surface area contributed by atoms with Crippen LogP contribution in [0.4, 0.5) is 15.8 Å². The number of benzene rings is 1. The molecule has 0 amide bonds. The van der Waals surface area contributed by atoms with Gasteiger partial charge in [-0.15, -0.1) is 0 Å². The first kappa shape index (κ1) is 11.2. The third-order valence-corrected chi connectivity index (χ3v) is 3.80. The number of para-hydroxylation sites is 1. The Morgan fingerprint density at radius 2 is 2.12 bits per heavy atom. The van der Waals surface area contributed by atoms with Gasteiger partial charge in [0.2, 0.25) is 0 Å². The van der Waals surface area contributed by atoms with Crippen molar-refractivity contribution < 1.29 is 4.39 Å². The highest BCUT2D eigenvalue weighted by atomic mass is 19.1. The van der Waals surface area contributed by atoms with E-state index < -0.39 is 0 Å². The predicted molar refractivity (Wildman–Crippen MR) is 65.8 cm³/mol. The van der Waals surface area contributed by atoms with E-state index in [0.29, 0.717) is 17.0 Å². The van der Waals surface area contributed by atoms with Gasteiger partial charge in [0.1, 0.15) is 5.82 Å². The molecule has 3 N–H and O–H groups in total. The average molecular weight is 222 g/mol. The number of nitrogen functional groups attached to an aromatic ring is 1. The molecule has 1 fully saturated rings. The molecule has 1 aromatic rings. The highest BCUT2D eigenvalue weighted by Crippen LogP contribution is 2.51. The lowest BCUT2D eigenvalue weighted by molar-refractivity contribution is 0.380. The number of nitrogens with two attached hydrogens (primary N) is 1. The monoisotopic (exact) mass is 222 g/mol. The molecular weight excluding hydrogens is 203 g/mol. The van der Waals surface area contributed by atoms with E-state index in [1.165, 1.54) is 18.9 Å². The molecule has 0 saturated heterocycles. The quantitative estimate of drug-likeness (QED) is 0.767. The van der Waals surface area contributed by atoms with E-state index in [0.717, 1.165) is 6.54 Å². The molecule has 3 heteroatoms. The van der Waals surface area contributed by atoms with E-state index in [1.54, 1.807) is 6.07 Å². The van der Waals surface area contributed by atoms with Crippen molar-refractivity contribution in [3.05, 3.63) is 24.0 Å². The number of hydrogen-bond acceptors (Lipinski definition) is 2. The van der Waals surface area contributed by atoms with Gasteiger partial charge in [-0.05, 0) is 36.3 Å². The van der Waals surface area contributed by atoms with Crippen LogP contribution >= 0.6 is 0 Å². The van der Waals surface area contributed by atoms with Crippen LogP contribution < -0.4 is 11.1 Å². The van der Waals surface area contributed by atoms with E-state index in [1.807, 2.05) is 6.07 Å². The zero-order valence-corrected chi connectivity index (χ0v) is 9.89. The van der Waals surface area contributed by atoms with Crippen molar-refractivity contribution in [1.29, 1.82) is 0 Å². The second kappa shape index (κ2) is 3.96. The minimum atomic E-state index is -0.348. The molecule has 0 bridgehead atoms. The molecule has 0 unspecified atom stereocenters. The molecule has 0 aromatic heterocycles. The van der Waals surface area contributed by atoms with Gasteiger partial charge in [-0.3, -0.25) is 0 Å². The molecule has 1 aliphatic rings. The van der Waals surface area contributed by atoms with Crippen LogP contribution in [0.2, 0.25) is 0 Å². The number of nitrogens with one attached hydrogen (secondary N) is 1. The van der Waals surface area contributed by atoms with Gasteiger partial charge in [-0.25, -0.2) is 4.39 Å². The Balaban J connectivity index is 2.03. The second-order valence-electron chi connectivity index (χ2n) is 5.07. The molecule has 1 saturated carbocycles. The van der Waals surface area contributed by atoms with E-state index in [2.05, 4.69) is 19.2 Å². The third kappa shape index (κ3) is 1.99. The molecule has 0 aliphatic heterocycles. The van der Waals surface area contributed by atoms with Gasteiger partial charge in [-0.2, -0.15) is 0 Å². The van der Waals surface area contributed by atoms with Crippen LogP contribution in [-0.2, 0) is 0 Å². The summed E-state index contributed by atoms with van der Waals surface area (Å²) in [5, 5.41) is 3.27. The first-order chi connectivity index (χ1) is 7.55. The van der Waals surface area contributed by atoms with Crippen LogP contribution in [0.1, 0.15) is 26.7 Å². The van der Waals surface area contributed by atoms with Crippen molar-refractivity contribution >= 4 is 11.4 Å². The molecule has 2 nitrogen and oxygen atoms in total. The SMILES string of the molecule is CC(C)C1(CNc2cccc(F)c2N)CC1. The molecule has 88 valence electrons. The summed E-state index contributed by atoms with van der Waals surface area (Å²) in [4.78, 5) is 0. The maximum absolute atomic E-state index is 13.2. The minimum Gasteiger partial charge on any atom is -0.395 e. The number of hydrogen-bond donors (Lipinski definition) is 2. The first-order valence-corrected chi connectivity index (χ1v) is 5.83. The summed E-state index contributed by atoms with van der Waals surface area (Å²) in [5.74, 6) is 0.314. The Kier molecular flexibility index (Phi) is 2.78. The Bertz CT molecular complexity index is 384. The summed E-state index contributed by atoms with van der Waals surface area (Å²) in [6.07, 6.45) is 2.51. The number of anilines is 2. The van der Waals surface area contributed by atoms with Gasteiger partial charge in [0.25, 0.3) is 0 Å². The first-order valence-electron chi connectivity index (χ1n) is 5.83. The molecule has 0 heterocycles. The van der Waals surface area contributed by atoms with Gasteiger partial charge >= 0.3 is 0 Å². The fourth-order valence-electron chi connectivity index (χ4n) is 2.08. The number of rotatable bonds is 4. The zero-order valence-electron chi connectivity index (χ0n) is 9.89. The van der Waals surface area contributed by atoms with Crippen LogP contribution in [0.5, 0.6) is 0 Å². The summed E-state index contributed by atoms with van der Waals surface area (Å²) in [6, 6.07) is 4.90. The molecular formula is C13H19FN2. The van der Waals surface area contributed by atoms with Crippen LogP contribution in [0.15, 0.2) is 18.2 Å². The zero-order chi connectivity index (χ0) is 11.8. The Hall–Kier alpha value is -1.25. The van der Waals surface area contributed by atoms with Crippen molar-refractivity contribution in [2.24, 2.45) is 11.3 Å². The van der Waals surface area contributed by atoms with Crippen molar-refractivity contribution in [2.75, 3.05) is 17.6 Å². The van der Waals surface area contributed by atoms with Crippen molar-refractivity contribution in [2.45, 2.75) is 26.7 Å². The highest BCUT2D eigenvalue weighted by Gasteiger charge is 2.44. The van der Waals surface area contributed by atoms with Crippen LogP contribution in [-0.4, -0.2) is 6.54 Å². The van der Waals surface area contributed by atoms with Crippen molar-refractivity contribution in [3.63, 3.8) is 0 Å². The average Bonchev–Trinajstić information content (AvgIpc) is 3.01. The van der Waals surface area contributed by atoms with E-state index >= 15 is 0 Å². The summed E-state index contributed by atoms with van der Waals surface area (Å²) in [5.41, 5.74) is 7.01. The maximum atomic E-state index is 13.2. The smallest absolute Gasteiger partial charge is 0.148 e. The fraction of sp³-hybridized carbons (Fsp3) is 0.538. The van der Waals surface area contributed by atoms with Crippen LogP contribution in [0.3, 0.4) is 0 Å². The van der Waals surface area contributed by atoms with E-state index in [4.69, 9.17) is 5.73 Å². The third-order valence-electron chi connectivity index (χ3n) is 3.80. The Labute approximate surface area is 96.0 Å². The normalized spacial score (nSPS) is 17.5. The lowest BCUT2D eigenvalue weighted by atomic mass is 9.92. The molecule has 2 rings (SSSR count). The van der Waals surface area contributed by atoms with Gasteiger partial charge in [-0.1, -0.05) is 19.9 Å². The topological polar surface area (TPSA) is 38.0 Å². The van der Waals surface area contributed by atoms with Crippen LogP contribution in [0.25, 0.3) is 0 Å². The molecule has 1 aromatic carbocycles. The number of halogens is 1. The standard InChI is InChI=1S/C13H19FN2/c1-9(2)13(6-7-13)8-16-11-5-3-4-10(14)12(11)15/h3-5,9,16H,6-8,15H2,1-2H3. The molecule has 0 spiro atoms. The van der Waals surface area contributed by atoms with Gasteiger partial charge < -0.3 is 11.1 Å². The molecule has 1 aliphatic carbocycles. The Morgan fingerprint density at radius 1 is 1.44 bits per heavy atom. The highest BCUT2D eigenvalue weighted by molar-refractivity contribution is 5.66. The molecule has 0 atom stereocenters. The second-order valence-corrected chi connectivity index (χ2v) is 5.07. The minimum absolute atomic E-state index is 0.224. The Morgan fingerprint density at radius 3 is 2.69 bits per heavy atom. The largest absolute Gasteiger partial charge is 0.395 e. The summed E-state index contributed by atoms with van der Waals surface area (Å²) < 4.78 is 13.2. The summed E-state index contributed by atoms with van der Waals surface area (Å²) in [7, 11) is 0. The predicted octanol–water partition coefficient (Wildman–Crippen LogP) is 3.26. The molecule has 0 radical (unpaired) electrons. The van der Waals surface area contributed by atoms with Gasteiger partial charge in [0.15, 0.2) is 0 Å². The summed E-state index contributed by atoms with van der Waals surface area (Å²) in [6.45, 7) is 5.37. The van der Waals surface area contributed by atoms with Crippen molar-refractivity contribution in [1.82, 2.24) is 0 Å². The lowest BCUT2D eigenvalue weighted by Gasteiger charge is -2.21. The van der Waals surface area contributed by atoms with Crippen molar-refractivity contribution in [3.8, 4) is 0 Å². The summed E-state index contributed by atoms with van der Waals surface area (Å²) >= 11 is 0. The molecule has 16 heavy (non-hydrogen) atoms. The van der Waals surface area contributed by atoms with E-state index in [9.17, 15) is 4.39 Å². The van der Waals surface area contributed by atoms with Gasteiger partial charge in [0.05, 0.1) is 11.4 Å². The van der Waals surface area contributed by atoms with E-state index in [-0.39, 0.29) is 11.5 Å².